The second-order valence-corrected chi connectivity index (χ2v) is 5.72. The van der Waals surface area contributed by atoms with Crippen molar-refractivity contribution in [2.24, 2.45) is 0 Å². The van der Waals surface area contributed by atoms with Gasteiger partial charge < -0.3 is 5.32 Å². The van der Waals surface area contributed by atoms with Gasteiger partial charge in [-0.15, -0.1) is 0 Å². The van der Waals surface area contributed by atoms with E-state index in [2.05, 4.69) is 28.5 Å². The monoisotopic (exact) mass is 291 g/mol. The molecule has 2 aromatic rings. The molecule has 1 aliphatic heterocycles. The summed E-state index contributed by atoms with van der Waals surface area (Å²) < 4.78 is 0. The summed E-state index contributed by atoms with van der Waals surface area (Å²) in [5.41, 5.74) is 5.42. The Morgan fingerprint density at radius 2 is 2.00 bits per heavy atom. The summed E-state index contributed by atoms with van der Waals surface area (Å²) in [6, 6.07) is 12.3. The Balaban J connectivity index is 1.90. The molecule has 4 heteroatoms. The van der Waals surface area contributed by atoms with Crippen LogP contribution < -0.4 is 5.32 Å². The molecule has 2 heterocycles. The van der Waals surface area contributed by atoms with E-state index in [4.69, 9.17) is 5.26 Å². The average molecular weight is 291 g/mol. The summed E-state index contributed by atoms with van der Waals surface area (Å²) in [4.78, 5) is 15.8. The second-order valence-electron chi connectivity index (χ2n) is 5.72. The first kappa shape index (κ1) is 14.3. The fourth-order valence-electron chi connectivity index (χ4n) is 2.92. The van der Waals surface area contributed by atoms with Crippen molar-refractivity contribution in [1.29, 1.82) is 5.26 Å². The molecule has 1 saturated heterocycles. The molecule has 0 bridgehead atoms. The number of rotatable bonds is 2. The van der Waals surface area contributed by atoms with Gasteiger partial charge >= 0.3 is 0 Å². The number of aromatic nitrogens is 1. The van der Waals surface area contributed by atoms with E-state index in [1.54, 1.807) is 0 Å². The van der Waals surface area contributed by atoms with Gasteiger partial charge in [-0.2, -0.15) is 5.26 Å². The van der Waals surface area contributed by atoms with Crippen molar-refractivity contribution in [3.63, 3.8) is 0 Å². The maximum absolute atomic E-state index is 11.3. The molecule has 1 fully saturated rings. The van der Waals surface area contributed by atoms with Gasteiger partial charge in [0.25, 0.3) is 0 Å². The highest BCUT2D eigenvalue weighted by atomic mass is 16.1. The number of amides is 1. The Morgan fingerprint density at radius 1 is 1.27 bits per heavy atom. The molecule has 1 N–H and O–H groups in total. The van der Waals surface area contributed by atoms with E-state index in [1.807, 2.05) is 32.0 Å². The molecule has 0 radical (unpaired) electrons. The molecule has 1 amide bonds. The summed E-state index contributed by atoms with van der Waals surface area (Å²) in [6.07, 6.45) is 0.562. The summed E-state index contributed by atoms with van der Waals surface area (Å²) in [6.45, 7) is 4.51. The third kappa shape index (κ3) is 2.58. The lowest BCUT2D eigenvalue weighted by Gasteiger charge is -2.10. The van der Waals surface area contributed by atoms with Crippen molar-refractivity contribution in [1.82, 2.24) is 10.3 Å². The normalized spacial score (nSPS) is 17.1. The number of nitrogens with zero attached hydrogens (tertiary/aromatic N) is 2. The van der Waals surface area contributed by atoms with E-state index in [-0.39, 0.29) is 11.8 Å². The molecule has 1 atom stereocenters. The van der Waals surface area contributed by atoms with Crippen molar-refractivity contribution in [3.05, 3.63) is 52.7 Å². The zero-order valence-electron chi connectivity index (χ0n) is 12.7. The molecule has 1 aromatic heterocycles. The topological polar surface area (TPSA) is 65.8 Å². The van der Waals surface area contributed by atoms with E-state index in [1.165, 1.54) is 5.56 Å². The maximum atomic E-state index is 11.3. The summed E-state index contributed by atoms with van der Waals surface area (Å²) >= 11 is 0. The van der Waals surface area contributed by atoms with Gasteiger partial charge in [-0.1, -0.05) is 24.3 Å². The zero-order chi connectivity index (χ0) is 15.7. The van der Waals surface area contributed by atoms with Gasteiger partial charge in [-0.05, 0) is 31.0 Å². The van der Waals surface area contributed by atoms with Gasteiger partial charge in [-0.25, -0.2) is 0 Å². The predicted octanol–water partition coefficient (Wildman–Crippen LogP) is 2.84. The van der Waals surface area contributed by atoms with E-state index in [0.29, 0.717) is 18.5 Å². The lowest BCUT2D eigenvalue weighted by Crippen LogP contribution is -2.13. The van der Waals surface area contributed by atoms with Gasteiger partial charge in [0.05, 0.1) is 17.0 Å². The lowest BCUT2D eigenvalue weighted by atomic mass is 9.96. The molecule has 0 spiro atoms. The number of nitriles is 1. The highest BCUT2D eigenvalue weighted by molar-refractivity contribution is 5.79. The summed E-state index contributed by atoms with van der Waals surface area (Å²) in [5, 5.41) is 12.0. The molecule has 3 rings (SSSR count). The number of hydrogen-bond acceptors (Lipinski definition) is 3. The SMILES string of the molecule is Cc1cc(-c2ccc(C3CNC(=O)C3)cc2)nc(C)c1C#N. The van der Waals surface area contributed by atoms with Crippen LogP contribution in [0.1, 0.15) is 34.7 Å². The number of aryl methyl sites for hydroxylation is 2. The van der Waals surface area contributed by atoms with Crippen LogP contribution in [0.25, 0.3) is 11.3 Å². The maximum Gasteiger partial charge on any atom is 0.220 e. The Kier molecular flexibility index (Phi) is 3.64. The Hall–Kier alpha value is -2.67. The van der Waals surface area contributed by atoms with E-state index in [9.17, 15) is 4.79 Å². The zero-order valence-corrected chi connectivity index (χ0v) is 12.7. The fraction of sp³-hybridized carbons (Fsp3) is 0.278. The smallest absolute Gasteiger partial charge is 0.220 e. The molecule has 1 aromatic carbocycles. The highest BCUT2D eigenvalue weighted by Gasteiger charge is 2.22. The van der Waals surface area contributed by atoms with Gasteiger partial charge in [-0.3, -0.25) is 9.78 Å². The number of hydrogen-bond donors (Lipinski definition) is 1. The Bertz CT molecular complexity index is 749. The molecule has 4 nitrogen and oxygen atoms in total. The van der Waals surface area contributed by atoms with Crippen molar-refractivity contribution in [2.75, 3.05) is 6.54 Å². The molecule has 0 aliphatic carbocycles. The molecular weight excluding hydrogens is 274 g/mol. The van der Waals surface area contributed by atoms with Crippen LogP contribution in [0, 0.1) is 25.2 Å². The number of carbonyl (C=O) groups is 1. The molecule has 110 valence electrons. The van der Waals surface area contributed by atoms with Crippen molar-refractivity contribution in [3.8, 4) is 17.3 Å². The van der Waals surface area contributed by atoms with Crippen molar-refractivity contribution in [2.45, 2.75) is 26.2 Å². The minimum absolute atomic E-state index is 0.120. The minimum Gasteiger partial charge on any atom is -0.355 e. The number of pyridine rings is 1. The summed E-state index contributed by atoms with van der Waals surface area (Å²) in [7, 11) is 0. The standard InChI is InChI=1S/C18H17N3O/c1-11-7-17(21-12(2)16(11)9-19)14-5-3-13(4-6-14)15-8-18(22)20-10-15/h3-7,15H,8,10H2,1-2H3,(H,20,22). The molecule has 1 unspecified atom stereocenters. The average Bonchev–Trinajstić information content (AvgIpc) is 2.94. The molecule has 1 aliphatic rings. The van der Waals surface area contributed by atoms with Crippen molar-refractivity contribution < 1.29 is 4.79 Å². The van der Waals surface area contributed by atoms with Crippen LogP contribution in [-0.4, -0.2) is 17.4 Å². The number of benzene rings is 1. The third-order valence-corrected chi connectivity index (χ3v) is 4.16. The predicted molar refractivity (Wildman–Crippen MR) is 84.2 cm³/mol. The van der Waals surface area contributed by atoms with Gasteiger partial charge in [0.15, 0.2) is 0 Å². The molecule has 0 saturated carbocycles. The van der Waals surface area contributed by atoms with Crippen LogP contribution in [0.4, 0.5) is 0 Å². The van der Waals surface area contributed by atoms with Crippen LogP contribution >= 0.6 is 0 Å². The van der Waals surface area contributed by atoms with Crippen LogP contribution in [0.2, 0.25) is 0 Å². The Morgan fingerprint density at radius 3 is 2.55 bits per heavy atom. The van der Waals surface area contributed by atoms with Gasteiger partial charge in [0.1, 0.15) is 6.07 Å². The van der Waals surface area contributed by atoms with Gasteiger partial charge in [0.2, 0.25) is 5.91 Å². The van der Waals surface area contributed by atoms with E-state index >= 15 is 0 Å². The first-order valence-electron chi connectivity index (χ1n) is 7.34. The first-order chi connectivity index (χ1) is 10.6. The fourth-order valence-corrected chi connectivity index (χ4v) is 2.92. The van der Waals surface area contributed by atoms with Crippen molar-refractivity contribution >= 4 is 5.91 Å². The van der Waals surface area contributed by atoms with Crippen LogP contribution in [0.3, 0.4) is 0 Å². The van der Waals surface area contributed by atoms with Crippen LogP contribution in [0.15, 0.2) is 30.3 Å². The number of nitrogens with one attached hydrogen (secondary N) is 1. The Labute approximate surface area is 129 Å². The second kappa shape index (κ2) is 5.61. The van der Waals surface area contributed by atoms with E-state index in [0.717, 1.165) is 22.5 Å². The van der Waals surface area contributed by atoms with Crippen LogP contribution in [0.5, 0.6) is 0 Å². The largest absolute Gasteiger partial charge is 0.355 e. The molecular formula is C18H17N3O. The highest BCUT2D eigenvalue weighted by Crippen LogP contribution is 2.27. The number of carbonyl (C=O) groups excluding carboxylic acids is 1. The minimum atomic E-state index is 0.120. The summed E-state index contributed by atoms with van der Waals surface area (Å²) in [5.74, 6) is 0.382. The third-order valence-electron chi connectivity index (χ3n) is 4.16. The van der Waals surface area contributed by atoms with E-state index < -0.39 is 0 Å². The quantitative estimate of drug-likeness (QED) is 0.925. The first-order valence-corrected chi connectivity index (χ1v) is 7.34. The lowest BCUT2D eigenvalue weighted by molar-refractivity contribution is -0.119. The van der Waals surface area contributed by atoms with Crippen LogP contribution in [-0.2, 0) is 4.79 Å². The molecule has 22 heavy (non-hydrogen) atoms. The van der Waals surface area contributed by atoms with Gasteiger partial charge in [0, 0.05) is 24.4 Å².